The van der Waals surface area contributed by atoms with Crippen LogP contribution in [-0.2, 0) is 22.4 Å². The Morgan fingerprint density at radius 3 is 2.57 bits per heavy atom. The lowest BCUT2D eigenvalue weighted by Crippen LogP contribution is -2.16. The molecule has 0 saturated carbocycles. The Kier molecular flexibility index (Phi) is 7.23. The molecule has 0 unspecified atom stereocenters. The van der Waals surface area contributed by atoms with Crippen LogP contribution in [0.25, 0.3) is 11.8 Å². The van der Waals surface area contributed by atoms with Crippen molar-refractivity contribution in [3.8, 4) is 11.8 Å². The molecule has 0 atom stereocenters. The molecule has 4 rings (SSSR count). The van der Waals surface area contributed by atoms with Gasteiger partial charge in [-0.1, -0.05) is 17.7 Å². The number of amides is 1. The number of fused-ring (bicyclic) bond motifs is 1. The minimum atomic E-state index is -0.531. The molecule has 0 fully saturated rings. The van der Waals surface area contributed by atoms with Gasteiger partial charge >= 0.3 is 5.97 Å². The normalized spacial score (nSPS) is 13.2. The van der Waals surface area contributed by atoms with Crippen molar-refractivity contribution < 1.29 is 14.3 Å². The van der Waals surface area contributed by atoms with Crippen LogP contribution in [0.5, 0.6) is 0 Å². The van der Waals surface area contributed by atoms with Gasteiger partial charge in [-0.25, -0.2) is 4.79 Å². The zero-order chi connectivity index (χ0) is 25.1. The summed E-state index contributed by atoms with van der Waals surface area (Å²) in [5.41, 5.74) is 6.33. The van der Waals surface area contributed by atoms with Gasteiger partial charge in [0.15, 0.2) is 0 Å². The zero-order valence-electron chi connectivity index (χ0n) is 20.5. The minimum Gasteiger partial charge on any atom is -0.462 e. The third kappa shape index (κ3) is 4.94. The topological polar surface area (TPSA) is 84.1 Å². The molecular formula is C28H29N3O3S. The number of anilines is 1. The molecule has 0 bridgehead atoms. The summed E-state index contributed by atoms with van der Waals surface area (Å²) in [6.07, 6.45) is 5.35. The maximum absolute atomic E-state index is 13.1. The summed E-state index contributed by atoms with van der Waals surface area (Å²) in [4.78, 5) is 27.0. The molecule has 1 N–H and O–H groups in total. The molecule has 6 nitrogen and oxygen atoms in total. The second-order valence-electron chi connectivity index (χ2n) is 8.76. The van der Waals surface area contributed by atoms with Crippen molar-refractivity contribution >= 4 is 34.3 Å². The molecule has 180 valence electrons. The van der Waals surface area contributed by atoms with E-state index in [0.29, 0.717) is 10.6 Å². The quantitative estimate of drug-likeness (QED) is 0.260. The number of nitrogens with zero attached hydrogens (tertiary/aromatic N) is 2. The molecule has 35 heavy (non-hydrogen) atoms. The lowest BCUT2D eigenvalue weighted by atomic mass is 9.95. The third-order valence-electron chi connectivity index (χ3n) is 6.31. The first-order valence-corrected chi connectivity index (χ1v) is 12.7. The molecule has 0 aliphatic heterocycles. The van der Waals surface area contributed by atoms with Gasteiger partial charge in [0.2, 0.25) is 0 Å². The Balaban J connectivity index is 1.66. The number of benzene rings is 1. The first kappa shape index (κ1) is 24.5. The number of carbonyl (C=O) groups excluding carboxylic acids is 2. The van der Waals surface area contributed by atoms with Crippen LogP contribution >= 0.6 is 11.3 Å². The van der Waals surface area contributed by atoms with Gasteiger partial charge in [0.25, 0.3) is 5.91 Å². The number of ether oxygens (including phenoxy) is 1. The van der Waals surface area contributed by atoms with E-state index in [0.717, 1.165) is 58.8 Å². The van der Waals surface area contributed by atoms with Crippen LogP contribution in [0.4, 0.5) is 5.00 Å². The highest BCUT2D eigenvalue weighted by atomic mass is 32.1. The monoisotopic (exact) mass is 487 g/mol. The van der Waals surface area contributed by atoms with Crippen LogP contribution < -0.4 is 5.32 Å². The summed E-state index contributed by atoms with van der Waals surface area (Å²) >= 11 is 1.41. The lowest BCUT2D eigenvalue weighted by molar-refractivity contribution is -0.112. The smallest absolute Gasteiger partial charge is 0.341 e. The summed E-state index contributed by atoms with van der Waals surface area (Å²) in [7, 11) is 0. The highest BCUT2D eigenvalue weighted by Crippen LogP contribution is 2.39. The van der Waals surface area contributed by atoms with E-state index in [1.54, 1.807) is 13.0 Å². The molecule has 2 aromatic heterocycles. The molecule has 0 saturated heterocycles. The fraction of sp³-hybridized carbons (Fsp3) is 0.321. The van der Waals surface area contributed by atoms with Crippen LogP contribution in [-0.4, -0.2) is 23.1 Å². The number of nitrogens with one attached hydrogen (secondary N) is 1. The van der Waals surface area contributed by atoms with E-state index in [1.807, 2.05) is 32.9 Å². The molecule has 1 aliphatic carbocycles. The van der Waals surface area contributed by atoms with E-state index in [1.165, 1.54) is 16.9 Å². The lowest BCUT2D eigenvalue weighted by Gasteiger charge is -2.12. The SMILES string of the molecule is CCOC(=O)c1c(NC(=O)C(C#N)=Cc2cc(C)n(-c3ccc(C)cc3)c2C)sc2c1CCCC2. The summed E-state index contributed by atoms with van der Waals surface area (Å²) < 4.78 is 7.37. The Bertz CT molecular complexity index is 1350. The molecule has 2 heterocycles. The maximum atomic E-state index is 13.1. The van der Waals surface area contributed by atoms with Gasteiger partial charge in [0.1, 0.15) is 16.6 Å². The maximum Gasteiger partial charge on any atom is 0.341 e. The Labute approximate surface area is 209 Å². The molecular weight excluding hydrogens is 458 g/mol. The van der Waals surface area contributed by atoms with Crippen LogP contribution in [0.15, 0.2) is 35.9 Å². The number of hydrogen-bond donors (Lipinski definition) is 1. The Hall–Kier alpha value is -3.63. The van der Waals surface area contributed by atoms with Crippen molar-refractivity contribution in [3.05, 3.63) is 74.4 Å². The van der Waals surface area contributed by atoms with Crippen LogP contribution in [0.1, 0.15) is 63.1 Å². The fourth-order valence-electron chi connectivity index (χ4n) is 4.57. The predicted molar refractivity (Wildman–Crippen MR) is 139 cm³/mol. The van der Waals surface area contributed by atoms with Crippen molar-refractivity contribution in [1.29, 1.82) is 5.26 Å². The van der Waals surface area contributed by atoms with Crippen molar-refractivity contribution in [2.75, 3.05) is 11.9 Å². The van der Waals surface area contributed by atoms with E-state index in [9.17, 15) is 14.9 Å². The summed E-state index contributed by atoms with van der Waals surface area (Å²) in [6.45, 7) is 8.04. The minimum absolute atomic E-state index is 0.0182. The Morgan fingerprint density at radius 1 is 1.17 bits per heavy atom. The number of nitriles is 1. The number of aryl methyl sites for hydroxylation is 3. The highest BCUT2D eigenvalue weighted by molar-refractivity contribution is 7.17. The number of thiophene rings is 1. The van der Waals surface area contributed by atoms with Gasteiger partial charge in [-0.15, -0.1) is 11.3 Å². The van der Waals surface area contributed by atoms with E-state index >= 15 is 0 Å². The first-order chi connectivity index (χ1) is 16.8. The number of hydrogen-bond acceptors (Lipinski definition) is 5. The largest absolute Gasteiger partial charge is 0.462 e. The molecule has 0 spiro atoms. The summed E-state index contributed by atoms with van der Waals surface area (Å²) in [5, 5.41) is 13.1. The van der Waals surface area contributed by atoms with Crippen LogP contribution in [0, 0.1) is 32.1 Å². The first-order valence-electron chi connectivity index (χ1n) is 11.8. The molecule has 1 aromatic carbocycles. The van der Waals surface area contributed by atoms with Crippen molar-refractivity contribution in [2.24, 2.45) is 0 Å². The van der Waals surface area contributed by atoms with Gasteiger partial charge in [-0.05, 0) is 88.8 Å². The molecule has 3 aromatic rings. The second-order valence-corrected chi connectivity index (χ2v) is 9.86. The number of carbonyl (C=O) groups is 2. The van der Waals surface area contributed by atoms with E-state index < -0.39 is 11.9 Å². The summed E-state index contributed by atoms with van der Waals surface area (Å²) in [6, 6.07) is 12.2. The fourth-order valence-corrected chi connectivity index (χ4v) is 5.85. The zero-order valence-corrected chi connectivity index (χ0v) is 21.3. The molecule has 0 radical (unpaired) electrons. The highest BCUT2D eigenvalue weighted by Gasteiger charge is 2.28. The molecule has 7 heteroatoms. The van der Waals surface area contributed by atoms with Gasteiger partial charge in [0, 0.05) is 22.0 Å². The Morgan fingerprint density at radius 2 is 1.89 bits per heavy atom. The van der Waals surface area contributed by atoms with E-state index in [2.05, 4.69) is 34.1 Å². The van der Waals surface area contributed by atoms with Gasteiger partial charge in [-0.3, -0.25) is 4.79 Å². The van der Waals surface area contributed by atoms with Gasteiger partial charge in [-0.2, -0.15) is 5.26 Å². The average Bonchev–Trinajstić information content (AvgIpc) is 3.34. The molecule has 1 amide bonds. The number of aromatic nitrogens is 1. The standard InChI is InChI=1S/C28H29N3O3S/c1-5-34-28(33)25-23-8-6-7-9-24(23)35-27(25)30-26(32)21(16-29)15-20-14-18(3)31(19(20)4)22-12-10-17(2)11-13-22/h10-15H,5-9H2,1-4H3,(H,30,32). The van der Waals surface area contributed by atoms with Crippen molar-refractivity contribution in [3.63, 3.8) is 0 Å². The average molecular weight is 488 g/mol. The van der Waals surface area contributed by atoms with Crippen molar-refractivity contribution in [1.82, 2.24) is 4.57 Å². The van der Waals surface area contributed by atoms with Crippen molar-refractivity contribution in [2.45, 2.75) is 53.4 Å². The molecule has 1 aliphatic rings. The van der Waals surface area contributed by atoms with Crippen LogP contribution in [0.3, 0.4) is 0 Å². The number of esters is 1. The number of rotatable bonds is 6. The predicted octanol–water partition coefficient (Wildman–Crippen LogP) is 6.07. The summed E-state index contributed by atoms with van der Waals surface area (Å²) in [5.74, 6) is -0.955. The van der Waals surface area contributed by atoms with E-state index in [-0.39, 0.29) is 12.2 Å². The second kappa shape index (κ2) is 10.3. The van der Waals surface area contributed by atoms with E-state index in [4.69, 9.17) is 4.74 Å². The van der Waals surface area contributed by atoms with Crippen LogP contribution in [0.2, 0.25) is 0 Å². The van der Waals surface area contributed by atoms with Gasteiger partial charge < -0.3 is 14.6 Å². The third-order valence-corrected chi connectivity index (χ3v) is 7.51. The van der Waals surface area contributed by atoms with Gasteiger partial charge in [0.05, 0.1) is 12.2 Å².